The number of amides is 3. The highest BCUT2D eigenvalue weighted by atomic mass is 19.3. The van der Waals surface area contributed by atoms with Crippen LogP contribution in [-0.4, -0.2) is 49.6 Å². The van der Waals surface area contributed by atoms with Crippen LogP contribution in [0.15, 0.2) is 24.3 Å². The molecule has 2 rings (SSSR count). The maximum absolute atomic E-state index is 12.1. The summed E-state index contributed by atoms with van der Waals surface area (Å²) in [7, 11) is 0. The minimum atomic E-state index is -2.84. The first-order valence-corrected chi connectivity index (χ1v) is 8.38. The molecule has 1 saturated heterocycles. The van der Waals surface area contributed by atoms with E-state index in [-0.39, 0.29) is 17.7 Å². The van der Waals surface area contributed by atoms with E-state index < -0.39 is 6.61 Å². The fraction of sp³-hybridized carbons (Fsp3) is 0.529. The molecule has 138 valence electrons. The lowest BCUT2D eigenvalue weighted by molar-refractivity contribution is -0.129. The largest absolute Gasteiger partial charge is 0.435 e. The summed E-state index contributed by atoms with van der Waals surface area (Å²) in [5.41, 5.74) is 0.895. The highest BCUT2D eigenvalue weighted by molar-refractivity contribution is 5.78. The highest BCUT2D eigenvalue weighted by Crippen LogP contribution is 2.15. The van der Waals surface area contributed by atoms with Crippen molar-refractivity contribution in [2.24, 2.45) is 0 Å². The lowest BCUT2D eigenvalue weighted by Crippen LogP contribution is -2.39. The van der Waals surface area contributed by atoms with Gasteiger partial charge in [-0.2, -0.15) is 8.78 Å². The van der Waals surface area contributed by atoms with Crippen molar-refractivity contribution >= 4 is 11.9 Å². The van der Waals surface area contributed by atoms with Crippen molar-refractivity contribution in [1.82, 2.24) is 15.5 Å². The number of nitrogens with zero attached hydrogens (tertiary/aromatic N) is 1. The first kappa shape index (κ1) is 19.0. The Hall–Kier alpha value is -2.38. The van der Waals surface area contributed by atoms with Gasteiger partial charge >= 0.3 is 12.6 Å². The number of likely N-dealkylation sites (tertiary alicyclic amines) is 1. The Balaban J connectivity index is 1.57. The van der Waals surface area contributed by atoms with Gasteiger partial charge in [0.25, 0.3) is 0 Å². The molecule has 1 aliphatic rings. The standard InChI is InChI=1S/C17H23F2N3O3/c18-16(19)25-14-5-3-13(4-6-14)7-9-20-17(24)21-10-8-15(23)22-11-1-2-12-22/h3-6,16H,1-2,7-12H2,(H2,20,21,24). The van der Waals surface area contributed by atoms with Crippen LogP contribution in [0.2, 0.25) is 0 Å². The van der Waals surface area contributed by atoms with Crippen molar-refractivity contribution in [2.75, 3.05) is 26.2 Å². The van der Waals surface area contributed by atoms with E-state index in [9.17, 15) is 18.4 Å². The third kappa shape index (κ3) is 6.94. The van der Waals surface area contributed by atoms with Crippen LogP contribution in [-0.2, 0) is 11.2 Å². The van der Waals surface area contributed by atoms with E-state index in [4.69, 9.17) is 0 Å². The molecule has 1 aliphatic heterocycles. The summed E-state index contributed by atoms with van der Waals surface area (Å²) >= 11 is 0. The van der Waals surface area contributed by atoms with Crippen molar-refractivity contribution in [2.45, 2.75) is 32.3 Å². The van der Waals surface area contributed by atoms with E-state index in [1.165, 1.54) is 12.1 Å². The van der Waals surface area contributed by atoms with E-state index >= 15 is 0 Å². The number of halogens is 2. The Kier molecular flexibility index (Phi) is 7.43. The summed E-state index contributed by atoms with van der Waals surface area (Å²) in [6.07, 6.45) is 2.97. The molecular weight excluding hydrogens is 332 g/mol. The lowest BCUT2D eigenvalue weighted by Gasteiger charge is -2.15. The molecule has 0 unspecified atom stereocenters. The van der Waals surface area contributed by atoms with Crippen LogP contribution in [0.25, 0.3) is 0 Å². The Morgan fingerprint density at radius 1 is 1.08 bits per heavy atom. The summed E-state index contributed by atoms with van der Waals surface area (Å²) < 4.78 is 28.4. The van der Waals surface area contributed by atoms with Crippen LogP contribution in [0.3, 0.4) is 0 Å². The number of nitrogens with one attached hydrogen (secondary N) is 2. The number of urea groups is 1. The van der Waals surface area contributed by atoms with Gasteiger partial charge in [-0.1, -0.05) is 12.1 Å². The van der Waals surface area contributed by atoms with E-state index in [1.54, 1.807) is 12.1 Å². The molecule has 3 amide bonds. The molecule has 0 bridgehead atoms. The summed E-state index contributed by atoms with van der Waals surface area (Å²) in [5.74, 6) is 0.177. The molecule has 6 nitrogen and oxygen atoms in total. The summed E-state index contributed by atoms with van der Waals surface area (Å²) in [4.78, 5) is 25.3. The van der Waals surface area contributed by atoms with Gasteiger partial charge in [0.1, 0.15) is 5.75 Å². The van der Waals surface area contributed by atoms with Crippen LogP contribution in [0.4, 0.5) is 13.6 Å². The van der Waals surface area contributed by atoms with Crippen molar-refractivity contribution < 1.29 is 23.1 Å². The number of carbonyl (C=O) groups is 2. The van der Waals surface area contributed by atoms with Gasteiger partial charge in [-0.3, -0.25) is 4.79 Å². The topological polar surface area (TPSA) is 70.7 Å². The molecule has 0 saturated carbocycles. The minimum absolute atomic E-state index is 0.0731. The van der Waals surface area contributed by atoms with Gasteiger partial charge in [0.05, 0.1) is 0 Å². The fourth-order valence-electron chi connectivity index (χ4n) is 2.63. The molecule has 2 N–H and O–H groups in total. The van der Waals surface area contributed by atoms with Crippen LogP contribution in [0, 0.1) is 0 Å². The lowest BCUT2D eigenvalue weighted by atomic mass is 10.1. The predicted molar refractivity (Wildman–Crippen MR) is 88.6 cm³/mol. The van der Waals surface area contributed by atoms with Gasteiger partial charge in [-0.25, -0.2) is 4.79 Å². The molecule has 1 aromatic rings. The Labute approximate surface area is 145 Å². The van der Waals surface area contributed by atoms with Crippen LogP contribution < -0.4 is 15.4 Å². The molecule has 0 aromatic heterocycles. The van der Waals surface area contributed by atoms with Gasteiger partial charge in [-0.15, -0.1) is 0 Å². The van der Waals surface area contributed by atoms with E-state index in [1.807, 2.05) is 4.90 Å². The van der Waals surface area contributed by atoms with Crippen LogP contribution >= 0.6 is 0 Å². The fourth-order valence-corrected chi connectivity index (χ4v) is 2.63. The van der Waals surface area contributed by atoms with E-state index in [0.29, 0.717) is 25.9 Å². The van der Waals surface area contributed by atoms with Gasteiger partial charge < -0.3 is 20.3 Å². The molecule has 1 fully saturated rings. The Bertz CT molecular complexity index is 561. The third-order valence-corrected chi connectivity index (χ3v) is 3.93. The first-order valence-electron chi connectivity index (χ1n) is 8.38. The maximum Gasteiger partial charge on any atom is 0.387 e. The second-order valence-corrected chi connectivity index (χ2v) is 5.79. The summed E-state index contributed by atoms with van der Waals surface area (Å²) in [5, 5.41) is 5.35. The van der Waals surface area contributed by atoms with Crippen molar-refractivity contribution in [3.8, 4) is 5.75 Å². The SMILES string of the molecule is O=C(NCCC(=O)N1CCCC1)NCCc1ccc(OC(F)F)cc1. The van der Waals surface area contributed by atoms with Crippen LogP contribution in [0.1, 0.15) is 24.8 Å². The zero-order chi connectivity index (χ0) is 18.1. The molecular formula is C17H23F2N3O3. The smallest absolute Gasteiger partial charge is 0.387 e. The van der Waals surface area contributed by atoms with Crippen molar-refractivity contribution in [3.05, 3.63) is 29.8 Å². The summed E-state index contributed by atoms with van der Waals surface area (Å²) in [6.45, 7) is -0.506. The summed E-state index contributed by atoms with van der Waals surface area (Å²) in [6, 6.07) is 5.95. The molecule has 0 atom stereocenters. The molecule has 0 spiro atoms. The minimum Gasteiger partial charge on any atom is -0.435 e. The third-order valence-electron chi connectivity index (χ3n) is 3.93. The molecule has 0 radical (unpaired) electrons. The van der Waals surface area contributed by atoms with Crippen LogP contribution in [0.5, 0.6) is 5.75 Å². The molecule has 1 aromatic carbocycles. The van der Waals surface area contributed by atoms with Gasteiger partial charge in [-0.05, 0) is 37.0 Å². The maximum atomic E-state index is 12.1. The molecule has 0 aliphatic carbocycles. The Morgan fingerprint density at radius 2 is 1.72 bits per heavy atom. The van der Waals surface area contributed by atoms with Gasteiger partial charge in [0, 0.05) is 32.6 Å². The van der Waals surface area contributed by atoms with Crippen molar-refractivity contribution in [1.29, 1.82) is 0 Å². The number of hydrogen-bond donors (Lipinski definition) is 2. The monoisotopic (exact) mass is 355 g/mol. The number of rotatable bonds is 8. The second kappa shape index (κ2) is 9.80. The Morgan fingerprint density at radius 3 is 2.36 bits per heavy atom. The second-order valence-electron chi connectivity index (χ2n) is 5.79. The molecule has 1 heterocycles. The zero-order valence-electron chi connectivity index (χ0n) is 14.0. The average molecular weight is 355 g/mol. The molecule has 8 heteroatoms. The highest BCUT2D eigenvalue weighted by Gasteiger charge is 2.17. The number of carbonyl (C=O) groups excluding carboxylic acids is 2. The van der Waals surface area contributed by atoms with Gasteiger partial charge in [0.2, 0.25) is 5.91 Å². The first-order chi connectivity index (χ1) is 12.0. The van der Waals surface area contributed by atoms with Crippen molar-refractivity contribution in [3.63, 3.8) is 0 Å². The quantitative estimate of drug-likeness (QED) is 0.751. The normalized spacial score (nSPS) is 13.8. The molecule has 25 heavy (non-hydrogen) atoms. The van der Waals surface area contributed by atoms with Gasteiger partial charge in [0.15, 0.2) is 0 Å². The predicted octanol–water partition coefficient (Wildman–Crippen LogP) is 2.14. The number of benzene rings is 1. The average Bonchev–Trinajstić information content (AvgIpc) is 3.10. The zero-order valence-corrected chi connectivity index (χ0v) is 14.0. The number of alkyl halides is 2. The number of ether oxygens (including phenoxy) is 1. The van der Waals surface area contributed by atoms with E-state index in [0.717, 1.165) is 31.5 Å². The number of hydrogen-bond acceptors (Lipinski definition) is 3. The van der Waals surface area contributed by atoms with E-state index in [2.05, 4.69) is 15.4 Å².